The number of carbonyl (C=O) groups excluding carboxylic acids is 2. The minimum Gasteiger partial charge on any atom is -0.495 e. The van der Waals surface area contributed by atoms with Crippen LogP contribution in [0.3, 0.4) is 0 Å². The summed E-state index contributed by atoms with van der Waals surface area (Å²) in [4.78, 5) is 30.3. The highest BCUT2D eigenvalue weighted by Crippen LogP contribution is 2.33. The van der Waals surface area contributed by atoms with Crippen molar-refractivity contribution in [3.05, 3.63) is 123 Å². The molecule has 1 atom stereocenters. The number of ether oxygens (including phenoxy) is 1. The molecule has 4 aromatic carbocycles. The molecular weight excluding hydrogens is 705 g/mol. The first kappa shape index (κ1) is 36.5. The second-order valence-electron chi connectivity index (χ2n) is 12.1. The van der Waals surface area contributed by atoms with Crippen LogP contribution in [-0.4, -0.2) is 50.9 Å². The summed E-state index contributed by atoms with van der Waals surface area (Å²) < 4.78 is 34.9. The molecule has 258 valence electrons. The molecular formula is C37H38Cl3N3O5S. The maximum Gasteiger partial charge on any atom is 0.264 e. The third kappa shape index (κ3) is 9.08. The van der Waals surface area contributed by atoms with E-state index < -0.39 is 28.5 Å². The van der Waals surface area contributed by atoms with Crippen LogP contribution in [0, 0.1) is 6.92 Å². The lowest BCUT2D eigenvalue weighted by molar-refractivity contribution is -0.140. The van der Waals surface area contributed by atoms with E-state index in [0.29, 0.717) is 21.4 Å². The standard InChI is InChI=1S/C37H38Cl3N3O5S/c1-25-12-17-31(18-13-25)49(46,47)43(30-16-19-35(48-2)33(40)22-30)24-36(44)42(23-27-14-15-28(38)21-32(27)39)34(20-26-8-4-3-5-9-26)37(45)41-29-10-6-7-11-29/h3-5,8-9,12-19,21-22,29,34H,6-7,10-11,20,23-24H2,1-2H3,(H,41,45)/t34-/m1/s1. The van der Waals surface area contributed by atoms with Gasteiger partial charge >= 0.3 is 0 Å². The number of nitrogens with zero attached hydrogens (tertiary/aromatic N) is 2. The van der Waals surface area contributed by atoms with Crippen LogP contribution in [0.15, 0.2) is 95.9 Å². The Morgan fingerprint density at radius 1 is 0.898 bits per heavy atom. The van der Waals surface area contributed by atoms with Crippen LogP contribution < -0.4 is 14.4 Å². The molecule has 5 rings (SSSR count). The van der Waals surface area contributed by atoms with Crippen molar-refractivity contribution in [2.45, 2.75) is 62.6 Å². The number of benzene rings is 4. The molecule has 0 saturated heterocycles. The summed E-state index contributed by atoms with van der Waals surface area (Å²) in [5, 5.41) is 4.05. The Labute approximate surface area is 303 Å². The first-order valence-corrected chi connectivity index (χ1v) is 18.5. The smallest absolute Gasteiger partial charge is 0.264 e. The molecule has 49 heavy (non-hydrogen) atoms. The van der Waals surface area contributed by atoms with Gasteiger partial charge in [-0.2, -0.15) is 0 Å². The number of aryl methyl sites for hydroxylation is 1. The maximum absolute atomic E-state index is 14.7. The largest absolute Gasteiger partial charge is 0.495 e. The van der Waals surface area contributed by atoms with E-state index in [1.54, 1.807) is 30.3 Å². The zero-order valence-electron chi connectivity index (χ0n) is 27.2. The first-order valence-electron chi connectivity index (χ1n) is 16.0. The quantitative estimate of drug-likeness (QED) is 0.151. The first-order chi connectivity index (χ1) is 23.5. The van der Waals surface area contributed by atoms with E-state index in [2.05, 4.69) is 5.32 Å². The van der Waals surface area contributed by atoms with Gasteiger partial charge in [0.1, 0.15) is 18.3 Å². The van der Waals surface area contributed by atoms with Crippen LogP contribution in [-0.2, 0) is 32.6 Å². The summed E-state index contributed by atoms with van der Waals surface area (Å²) >= 11 is 19.3. The predicted octanol–water partition coefficient (Wildman–Crippen LogP) is 7.86. The summed E-state index contributed by atoms with van der Waals surface area (Å²) in [7, 11) is -2.85. The minimum atomic E-state index is -4.30. The van der Waals surface area contributed by atoms with E-state index in [1.807, 2.05) is 37.3 Å². The van der Waals surface area contributed by atoms with Gasteiger partial charge in [0.15, 0.2) is 0 Å². The van der Waals surface area contributed by atoms with Crippen molar-refractivity contribution in [1.29, 1.82) is 0 Å². The fraction of sp³-hybridized carbons (Fsp3) is 0.297. The summed E-state index contributed by atoms with van der Waals surface area (Å²) in [5.41, 5.74) is 2.41. The van der Waals surface area contributed by atoms with Crippen LogP contribution in [0.4, 0.5) is 5.69 Å². The number of anilines is 1. The summed E-state index contributed by atoms with van der Waals surface area (Å²) in [6.45, 7) is 1.14. The van der Waals surface area contributed by atoms with Gasteiger partial charge in [-0.1, -0.05) is 102 Å². The van der Waals surface area contributed by atoms with Crippen LogP contribution in [0.2, 0.25) is 15.1 Å². The Bertz CT molecular complexity index is 1890. The Balaban J connectivity index is 1.60. The average molecular weight is 743 g/mol. The Hall–Kier alpha value is -3.76. The predicted molar refractivity (Wildman–Crippen MR) is 195 cm³/mol. The Morgan fingerprint density at radius 3 is 2.22 bits per heavy atom. The summed E-state index contributed by atoms with van der Waals surface area (Å²) in [6, 6.07) is 24.2. The van der Waals surface area contributed by atoms with Gasteiger partial charge < -0.3 is 15.0 Å². The molecule has 1 aliphatic rings. The van der Waals surface area contributed by atoms with Gasteiger partial charge in [0.05, 0.1) is 22.7 Å². The maximum atomic E-state index is 14.7. The number of nitrogens with one attached hydrogen (secondary N) is 1. The molecule has 0 aliphatic heterocycles. The lowest BCUT2D eigenvalue weighted by atomic mass is 10.0. The third-order valence-corrected chi connectivity index (χ3v) is 11.3. The molecule has 1 saturated carbocycles. The molecule has 4 aromatic rings. The molecule has 0 unspecified atom stereocenters. The monoisotopic (exact) mass is 741 g/mol. The molecule has 12 heteroatoms. The zero-order valence-corrected chi connectivity index (χ0v) is 30.3. The highest BCUT2D eigenvalue weighted by Gasteiger charge is 2.36. The second-order valence-corrected chi connectivity index (χ2v) is 15.2. The summed E-state index contributed by atoms with van der Waals surface area (Å²) in [6.07, 6.45) is 3.90. The fourth-order valence-electron chi connectivity index (χ4n) is 5.93. The molecule has 2 amide bonds. The number of sulfonamides is 1. The van der Waals surface area contributed by atoms with E-state index in [1.165, 1.54) is 42.3 Å². The van der Waals surface area contributed by atoms with Gasteiger partial charge in [-0.05, 0) is 73.4 Å². The van der Waals surface area contributed by atoms with Crippen molar-refractivity contribution in [3.63, 3.8) is 0 Å². The lowest BCUT2D eigenvalue weighted by Gasteiger charge is -2.34. The zero-order chi connectivity index (χ0) is 35.1. The molecule has 1 N–H and O–H groups in total. The van der Waals surface area contributed by atoms with Gasteiger partial charge in [-0.25, -0.2) is 8.42 Å². The third-order valence-electron chi connectivity index (χ3n) is 8.64. The van der Waals surface area contributed by atoms with Crippen LogP contribution in [0.25, 0.3) is 0 Å². The van der Waals surface area contributed by atoms with Gasteiger partial charge in [-0.3, -0.25) is 13.9 Å². The number of amides is 2. The van der Waals surface area contributed by atoms with E-state index in [9.17, 15) is 18.0 Å². The number of hydrogen-bond donors (Lipinski definition) is 1. The number of hydrogen-bond acceptors (Lipinski definition) is 5. The van der Waals surface area contributed by atoms with Crippen LogP contribution in [0.5, 0.6) is 5.75 Å². The topological polar surface area (TPSA) is 96.0 Å². The molecule has 0 heterocycles. The SMILES string of the molecule is COc1ccc(N(CC(=O)N(Cc2ccc(Cl)cc2Cl)[C@H](Cc2ccccc2)C(=O)NC2CCCC2)S(=O)(=O)c2ccc(C)cc2)cc1Cl. The van der Waals surface area contributed by atoms with Crippen molar-refractivity contribution < 1.29 is 22.7 Å². The van der Waals surface area contributed by atoms with Crippen LogP contribution >= 0.6 is 34.8 Å². The molecule has 0 bridgehead atoms. The number of rotatable bonds is 13. The van der Waals surface area contributed by atoms with Gasteiger partial charge in [0.2, 0.25) is 11.8 Å². The molecule has 8 nitrogen and oxygen atoms in total. The van der Waals surface area contributed by atoms with Gasteiger partial charge in [0, 0.05) is 29.1 Å². The van der Waals surface area contributed by atoms with Crippen molar-refractivity contribution in [3.8, 4) is 5.75 Å². The normalized spacial score (nSPS) is 13.9. The van der Waals surface area contributed by atoms with E-state index in [4.69, 9.17) is 39.5 Å². The molecule has 0 aromatic heterocycles. The molecule has 1 aliphatic carbocycles. The molecule has 1 fully saturated rings. The number of methoxy groups -OCH3 is 1. The minimum absolute atomic E-state index is 0.00931. The average Bonchev–Trinajstić information content (AvgIpc) is 3.59. The highest BCUT2D eigenvalue weighted by atomic mass is 35.5. The Morgan fingerprint density at radius 2 is 1.59 bits per heavy atom. The highest BCUT2D eigenvalue weighted by molar-refractivity contribution is 7.92. The number of halogens is 3. The van der Waals surface area contributed by atoms with E-state index >= 15 is 0 Å². The van der Waals surface area contributed by atoms with Gasteiger partial charge in [0.25, 0.3) is 10.0 Å². The van der Waals surface area contributed by atoms with Crippen molar-refractivity contribution >= 4 is 62.3 Å². The molecule has 0 radical (unpaired) electrons. The fourth-order valence-corrected chi connectivity index (χ4v) is 8.06. The Kier molecular flexibility index (Phi) is 12.1. The van der Waals surface area contributed by atoms with Crippen molar-refractivity contribution in [2.24, 2.45) is 0 Å². The van der Waals surface area contributed by atoms with Crippen molar-refractivity contribution in [2.75, 3.05) is 18.0 Å². The van der Waals surface area contributed by atoms with E-state index in [-0.39, 0.29) is 40.5 Å². The van der Waals surface area contributed by atoms with Crippen molar-refractivity contribution in [1.82, 2.24) is 10.2 Å². The molecule has 0 spiro atoms. The number of carbonyl (C=O) groups is 2. The summed E-state index contributed by atoms with van der Waals surface area (Å²) in [5.74, 6) is -0.597. The second kappa shape index (κ2) is 16.3. The van der Waals surface area contributed by atoms with E-state index in [0.717, 1.165) is 41.1 Å². The van der Waals surface area contributed by atoms with Gasteiger partial charge in [-0.15, -0.1) is 0 Å². The lowest BCUT2D eigenvalue weighted by Crippen LogP contribution is -2.54. The van der Waals surface area contributed by atoms with Crippen LogP contribution in [0.1, 0.15) is 42.4 Å².